The number of nitrogens with zero attached hydrogens (tertiary/aromatic N) is 1. The number of aromatic nitrogens is 1. The molecule has 0 radical (unpaired) electrons. The minimum Gasteiger partial charge on any atom is -0.497 e. The Balaban J connectivity index is 1.62. The van der Waals surface area contributed by atoms with E-state index >= 15 is 0 Å². The van der Waals surface area contributed by atoms with Crippen molar-refractivity contribution in [1.82, 2.24) is 10.3 Å². The predicted octanol–water partition coefficient (Wildman–Crippen LogP) is 4.44. The molecule has 5 nitrogen and oxygen atoms in total. The lowest BCUT2D eigenvalue weighted by atomic mass is 9.96. The number of benzene rings is 2. The van der Waals surface area contributed by atoms with Crippen molar-refractivity contribution in [1.29, 1.82) is 0 Å². The summed E-state index contributed by atoms with van der Waals surface area (Å²) in [5.74, 6) is 1.27. The molecule has 2 aromatic carbocycles. The Kier molecular flexibility index (Phi) is 5.83. The number of thioether (sulfide) groups is 1. The summed E-state index contributed by atoms with van der Waals surface area (Å²) in [4.78, 5) is 16.8. The van der Waals surface area contributed by atoms with Crippen LogP contribution in [0.25, 0.3) is 11.1 Å². The monoisotopic (exact) mass is 370 g/mol. The van der Waals surface area contributed by atoms with E-state index in [9.17, 15) is 4.79 Å². The maximum absolute atomic E-state index is 12.4. The Morgan fingerprint density at radius 3 is 2.58 bits per heavy atom. The van der Waals surface area contributed by atoms with Gasteiger partial charge in [-0.1, -0.05) is 49.9 Å². The Bertz CT molecular complexity index is 841. The summed E-state index contributed by atoms with van der Waals surface area (Å²) >= 11 is 1.30. The molecule has 1 amide bonds. The first-order chi connectivity index (χ1) is 12.6. The van der Waals surface area contributed by atoms with E-state index in [2.05, 4.69) is 24.1 Å². The van der Waals surface area contributed by atoms with Crippen molar-refractivity contribution in [3.05, 3.63) is 54.1 Å². The highest BCUT2D eigenvalue weighted by Gasteiger charge is 2.19. The normalized spacial score (nSPS) is 12.3. The van der Waals surface area contributed by atoms with Crippen LogP contribution in [0.15, 0.2) is 58.2 Å². The van der Waals surface area contributed by atoms with E-state index < -0.39 is 0 Å². The minimum absolute atomic E-state index is 0.0493. The zero-order valence-electron chi connectivity index (χ0n) is 15.1. The van der Waals surface area contributed by atoms with Gasteiger partial charge >= 0.3 is 0 Å². The average molecular weight is 370 g/mol. The first-order valence-electron chi connectivity index (χ1n) is 8.48. The van der Waals surface area contributed by atoms with E-state index in [1.807, 2.05) is 48.5 Å². The summed E-state index contributed by atoms with van der Waals surface area (Å²) in [6, 6.07) is 15.3. The highest BCUT2D eigenvalue weighted by molar-refractivity contribution is 7.99. The van der Waals surface area contributed by atoms with Gasteiger partial charge in [-0.2, -0.15) is 0 Å². The van der Waals surface area contributed by atoms with Crippen LogP contribution in [0.1, 0.15) is 25.5 Å². The Morgan fingerprint density at radius 1 is 1.19 bits per heavy atom. The van der Waals surface area contributed by atoms with E-state index in [1.54, 1.807) is 7.11 Å². The van der Waals surface area contributed by atoms with E-state index in [4.69, 9.17) is 9.15 Å². The molecule has 0 aliphatic carbocycles. The Labute approximate surface area is 157 Å². The molecule has 0 bridgehead atoms. The molecule has 3 rings (SSSR count). The maximum atomic E-state index is 12.4. The van der Waals surface area contributed by atoms with E-state index in [0.29, 0.717) is 5.22 Å². The third kappa shape index (κ3) is 4.38. The van der Waals surface area contributed by atoms with Crippen LogP contribution in [-0.4, -0.2) is 23.8 Å². The highest BCUT2D eigenvalue weighted by Crippen LogP contribution is 2.26. The summed E-state index contributed by atoms with van der Waals surface area (Å²) in [5, 5.41) is 3.61. The van der Waals surface area contributed by atoms with Gasteiger partial charge in [-0.05, 0) is 35.7 Å². The molecule has 0 saturated heterocycles. The number of hydrogen-bond acceptors (Lipinski definition) is 5. The van der Waals surface area contributed by atoms with Gasteiger partial charge in [0.25, 0.3) is 5.22 Å². The van der Waals surface area contributed by atoms with Crippen molar-refractivity contribution in [2.24, 2.45) is 5.92 Å². The van der Waals surface area contributed by atoms with Crippen molar-refractivity contribution in [2.75, 3.05) is 12.9 Å². The van der Waals surface area contributed by atoms with E-state index in [1.165, 1.54) is 11.8 Å². The number of carbonyl (C=O) groups is 1. The van der Waals surface area contributed by atoms with Crippen LogP contribution in [0.5, 0.6) is 5.75 Å². The van der Waals surface area contributed by atoms with Crippen molar-refractivity contribution in [3.8, 4) is 5.75 Å². The lowest BCUT2D eigenvalue weighted by Crippen LogP contribution is -2.32. The van der Waals surface area contributed by atoms with Crippen molar-refractivity contribution in [2.45, 2.75) is 25.1 Å². The van der Waals surface area contributed by atoms with E-state index in [0.717, 1.165) is 22.4 Å². The number of fused-ring (bicyclic) bond motifs is 1. The van der Waals surface area contributed by atoms with Gasteiger partial charge in [-0.25, -0.2) is 4.98 Å². The fourth-order valence-corrected chi connectivity index (χ4v) is 3.35. The molecule has 6 heteroatoms. The number of rotatable bonds is 7. The number of para-hydroxylation sites is 2. The Hall–Kier alpha value is -2.47. The predicted molar refractivity (Wildman–Crippen MR) is 103 cm³/mol. The van der Waals surface area contributed by atoms with Crippen LogP contribution in [0.4, 0.5) is 0 Å². The van der Waals surface area contributed by atoms with Gasteiger partial charge in [0.05, 0.1) is 18.9 Å². The van der Waals surface area contributed by atoms with Gasteiger partial charge < -0.3 is 14.5 Å². The first-order valence-corrected chi connectivity index (χ1v) is 9.47. The van der Waals surface area contributed by atoms with Crippen LogP contribution in [-0.2, 0) is 4.79 Å². The second kappa shape index (κ2) is 8.27. The fourth-order valence-electron chi connectivity index (χ4n) is 2.70. The van der Waals surface area contributed by atoms with Crippen molar-refractivity contribution < 1.29 is 13.9 Å². The average Bonchev–Trinajstić information content (AvgIpc) is 3.07. The molecule has 136 valence electrons. The van der Waals surface area contributed by atoms with Crippen LogP contribution in [0.3, 0.4) is 0 Å². The molecule has 3 aromatic rings. The van der Waals surface area contributed by atoms with Gasteiger partial charge in [-0.15, -0.1) is 0 Å². The summed E-state index contributed by atoms with van der Waals surface area (Å²) in [7, 11) is 1.64. The van der Waals surface area contributed by atoms with Gasteiger partial charge in [0.1, 0.15) is 11.3 Å². The molecule has 0 fully saturated rings. The van der Waals surface area contributed by atoms with Crippen molar-refractivity contribution in [3.63, 3.8) is 0 Å². The SMILES string of the molecule is COc1ccc(C(NC(=O)CSc2nc3ccccc3o2)C(C)C)cc1. The summed E-state index contributed by atoms with van der Waals surface area (Å²) in [6.07, 6.45) is 0. The van der Waals surface area contributed by atoms with Crippen LogP contribution < -0.4 is 10.1 Å². The molecule has 1 atom stereocenters. The quantitative estimate of drug-likeness (QED) is 0.623. The topological polar surface area (TPSA) is 64.4 Å². The molecule has 1 unspecified atom stereocenters. The number of amides is 1. The first kappa shape index (κ1) is 18.3. The largest absolute Gasteiger partial charge is 0.497 e. The molecule has 0 aliphatic rings. The standard InChI is InChI=1S/C20H22N2O3S/c1-13(2)19(14-8-10-15(24-3)11-9-14)22-18(23)12-26-20-21-16-6-4-5-7-17(16)25-20/h4-11,13,19H,12H2,1-3H3,(H,22,23). The van der Waals surface area contributed by atoms with Gasteiger partial charge in [0.2, 0.25) is 5.91 Å². The number of nitrogens with one attached hydrogen (secondary N) is 1. The minimum atomic E-state index is -0.0577. The Morgan fingerprint density at radius 2 is 1.92 bits per heavy atom. The molecule has 0 spiro atoms. The number of oxazole rings is 1. The zero-order valence-corrected chi connectivity index (χ0v) is 15.9. The fraction of sp³-hybridized carbons (Fsp3) is 0.300. The number of carbonyl (C=O) groups excluding carboxylic acids is 1. The lowest BCUT2D eigenvalue weighted by Gasteiger charge is -2.23. The molecule has 0 aliphatic heterocycles. The van der Waals surface area contributed by atoms with Gasteiger partial charge in [-0.3, -0.25) is 4.79 Å². The smallest absolute Gasteiger partial charge is 0.257 e. The van der Waals surface area contributed by atoms with Crippen LogP contribution in [0.2, 0.25) is 0 Å². The van der Waals surface area contributed by atoms with Crippen molar-refractivity contribution >= 4 is 28.8 Å². The lowest BCUT2D eigenvalue weighted by molar-refractivity contribution is -0.119. The molecular formula is C20H22N2O3S. The van der Waals surface area contributed by atoms with Crippen LogP contribution in [0, 0.1) is 5.92 Å². The number of hydrogen-bond donors (Lipinski definition) is 1. The molecule has 1 N–H and O–H groups in total. The highest BCUT2D eigenvalue weighted by atomic mass is 32.2. The summed E-state index contributed by atoms with van der Waals surface area (Å²) in [5.41, 5.74) is 2.59. The third-order valence-electron chi connectivity index (χ3n) is 4.06. The second-order valence-electron chi connectivity index (χ2n) is 6.30. The third-order valence-corrected chi connectivity index (χ3v) is 4.89. The van der Waals surface area contributed by atoms with E-state index in [-0.39, 0.29) is 23.6 Å². The molecule has 1 aromatic heterocycles. The molecule has 1 heterocycles. The number of ether oxygens (including phenoxy) is 1. The van der Waals surface area contributed by atoms with Crippen LogP contribution >= 0.6 is 11.8 Å². The zero-order chi connectivity index (χ0) is 18.5. The van der Waals surface area contributed by atoms with Gasteiger partial charge in [0.15, 0.2) is 5.58 Å². The summed E-state index contributed by atoms with van der Waals surface area (Å²) < 4.78 is 10.8. The summed E-state index contributed by atoms with van der Waals surface area (Å²) in [6.45, 7) is 4.17. The molecular weight excluding hydrogens is 348 g/mol. The van der Waals surface area contributed by atoms with Gasteiger partial charge in [0, 0.05) is 0 Å². The molecule has 26 heavy (non-hydrogen) atoms. The number of methoxy groups -OCH3 is 1. The second-order valence-corrected chi connectivity index (χ2v) is 7.23. The molecule has 0 saturated carbocycles. The maximum Gasteiger partial charge on any atom is 0.257 e.